The molecule has 0 radical (unpaired) electrons. The van der Waals surface area contributed by atoms with Gasteiger partial charge in [0.25, 0.3) is 0 Å². The van der Waals surface area contributed by atoms with Crippen LogP contribution >= 0.6 is 23.4 Å². The number of carbonyl (C=O) groups excluding carboxylic acids is 2. The Kier molecular flexibility index (Phi) is 6.70. The minimum Gasteiger partial charge on any atom is -0.497 e. The van der Waals surface area contributed by atoms with Crippen molar-refractivity contribution in [1.82, 2.24) is 4.90 Å². The predicted octanol–water partition coefficient (Wildman–Crippen LogP) is 4.56. The fourth-order valence-electron chi connectivity index (χ4n) is 2.95. The molecule has 2 unspecified atom stereocenters. The number of urea groups is 1. The summed E-state index contributed by atoms with van der Waals surface area (Å²) in [5.41, 5.74) is 1.38. The van der Waals surface area contributed by atoms with Crippen molar-refractivity contribution in [3.8, 4) is 5.75 Å². The first-order chi connectivity index (χ1) is 13.5. The molecule has 1 fully saturated rings. The number of benzene rings is 2. The largest absolute Gasteiger partial charge is 0.497 e. The van der Waals surface area contributed by atoms with Gasteiger partial charge in [0.2, 0.25) is 0 Å². The van der Waals surface area contributed by atoms with Gasteiger partial charge in [-0.15, -0.1) is 11.8 Å². The zero-order valence-corrected chi connectivity index (χ0v) is 17.1. The van der Waals surface area contributed by atoms with Crippen LogP contribution in [0, 0.1) is 0 Å². The Labute approximate surface area is 173 Å². The zero-order valence-electron chi connectivity index (χ0n) is 15.6. The zero-order chi connectivity index (χ0) is 20.1. The SMILES string of the molecule is CCOC(=O)C1CSC(c2ccccc2Cl)N1C(=O)Nc1ccc(OC)cc1. The van der Waals surface area contributed by atoms with Gasteiger partial charge in [0.1, 0.15) is 17.2 Å². The van der Waals surface area contributed by atoms with Crippen LogP contribution in [-0.2, 0) is 9.53 Å². The number of thioether (sulfide) groups is 1. The van der Waals surface area contributed by atoms with E-state index in [1.54, 1.807) is 44.4 Å². The molecule has 8 heteroatoms. The molecule has 6 nitrogen and oxygen atoms in total. The third kappa shape index (κ3) is 4.36. The van der Waals surface area contributed by atoms with E-state index < -0.39 is 18.0 Å². The molecule has 0 bridgehead atoms. The molecular weight excluding hydrogens is 400 g/mol. The number of hydrogen-bond acceptors (Lipinski definition) is 5. The average Bonchev–Trinajstić information content (AvgIpc) is 3.14. The summed E-state index contributed by atoms with van der Waals surface area (Å²) in [5.74, 6) is 0.701. The molecule has 0 saturated carbocycles. The molecule has 1 heterocycles. The Morgan fingerprint density at radius 1 is 1.21 bits per heavy atom. The van der Waals surface area contributed by atoms with Gasteiger partial charge in [0.05, 0.1) is 13.7 Å². The van der Waals surface area contributed by atoms with Crippen LogP contribution in [0.3, 0.4) is 0 Å². The molecule has 1 saturated heterocycles. The standard InChI is InChI=1S/C20H21ClN2O4S/c1-3-27-19(24)17-12-28-18(15-6-4-5-7-16(15)21)23(17)20(25)22-13-8-10-14(26-2)11-9-13/h4-11,17-18H,3,12H2,1-2H3,(H,22,25). The van der Waals surface area contributed by atoms with Gasteiger partial charge in [-0.2, -0.15) is 0 Å². The Balaban J connectivity index is 1.88. The number of rotatable bonds is 5. The number of amides is 2. The van der Waals surface area contributed by atoms with Crippen molar-refractivity contribution in [2.75, 3.05) is 24.8 Å². The number of carbonyl (C=O) groups is 2. The van der Waals surface area contributed by atoms with Gasteiger partial charge in [-0.1, -0.05) is 29.8 Å². The first-order valence-corrected chi connectivity index (χ1v) is 10.2. The topological polar surface area (TPSA) is 67.9 Å². The van der Waals surface area contributed by atoms with Crippen LogP contribution in [0.25, 0.3) is 0 Å². The van der Waals surface area contributed by atoms with E-state index in [9.17, 15) is 9.59 Å². The quantitative estimate of drug-likeness (QED) is 0.718. The minimum absolute atomic E-state index is 0.255. The van der Waals surface area contributed by atoms with Crippen molar-refractivity contribution < 1.29 is 19.1 Å². The lowest BCUT2D eigenvalue weighted by Gasteiger charge is -2.29. The number of hydrogen-bond donors (Lipinski definition) is 1. The second-order valence-corrected chi connectivity index (χ2v) is 7.56. The molecule has 2 amide bonds. The van der Waals surface area contributed by atoms with Gasteiger partial charge in [-0.3, -0.25) is 4.90 Å². The second-order valence-electron chi connectivity index (χ2n) is 6.04. The van der Waals surface area contributed by atoms with E-state index in [1.165, 1.54) is 16.7 Å². The third-order valence-electron chi connectivity index (χ3n) is 4.31. The van der Waals surface area contributed by atoms with Crippen LogP contribution in [0.4, 0.5) is 10.5 Å². The molecule has 0 spiro atoms. The van der Waals surface area contributed by atoms with Crippen molar-refractivity contribution in [3.63, 3.8) is 0 Å². The molecule has 2 aromatic rings. The maximum atomic E-state index is 13.1. The van der Waals surface area contributed by atoms with E-state index in [0.29, 0.717) is 22.2 Å². The lowest BCUT2D eigenvalue weighted by molar-refractivity contribution is -0.147. The molecule has 0 aromatic heterocycles. The smallest absolute Gasteiger partial charge is 0.329 e. The first kappa shape index (κ1) is 20.4. The average molecular weight is 421 g/mol. The number of halogens is 1. The number of anilines is 1. The minimum atomic E-state index is -0.690. The lowest BCUT2D eigenvalue weighted by Crippen LogP contribution is -2.45. The Morgan fingerprint density at radius 3 is 2.57 bits per heavy atom. The summed E-state index contributed by atoms with van der Waals surface area (Å²) in [6, 6.07) is 13.2. The summed E-state index contributed by atoms with van der Waals surface area (Å²) in [6.07, 6.45) is 0. The Hall–Kier alpha value is -2.38. The van der Waals surface area contributed by atoms with Gasteiger partial charge < -0.3 is 14.8 Å². The molecular formula is C20H21ClN2O4S. The molecule has 3 rings (SSSR count). The van der Waals surface area contributed by atoms with Crippen molar-refractivity contribution in [2.45, 2.75) is 18.3 Å². The number of methoxy groups -OCH3 is 1. The van der Waals surface area contributed by atoms with Gasteiger partial charge in [-0.25, -0.2) is 9.59 Å². The summed E-state index contributed by atoms with van der Waals surface area (Å²) in [6.45, 7) is 2.00. The summed E-state index contributed by atoms with van der Waals surface area (Å²) < 4.78 is 10.3. The lowest BCUT2D eigenvalue weighted by atomic mass is 10.2. The molecule has 1 aliphatic heterocycles. The van der Waals surface area contributed by atoms with Crippen molar-refractivity contribution in [3.05, 3.63) is 59.1 Å². The molecule has 28 heavy (non-hydrogen) atoms. The second kappa shape index (κ2) is 9.21. The normalized spacial score (nSPS) is 18.6. The van der Waals surface area contributed by atoms with Crippen LogP contribution in [0.15, 0.2) is 48.5 Å². The highest BCUT2D eigenvalue weighted by atomic mass is 35.5. The summed E-state index contributed by atoms with van der Waals surface area (Å²) in [7, 11) is 1.58. The van der Waals surface area contributed by atoms with E-state index in [0.717, 1.165) is 5.56 Å². The van der Waals surface area contributed by atoms with E-state index in [2.05, 4.69) is 5.32 Å². The van der Waals surface area contributed by atoms with Crippen LogP contribution < -0.4 is 10.1 Å². The van der Waals surface area contributed by atoms with Crippen molar-refractivity contribution in [1.29, 1.82) is 0 Å². The maximum Gasteiger partial charge on any atom is 0.329 e. The van der Waals surface area contributed by atoms with Gasteiger partial charge in [-0.05, 0) is 37.3 Å². The third-order valence-corrected chi connectivity index (χ3v) is 5.96. The number of nitrogens with one attached hydrogen (secondary N) is 1. The highest BCUT2D eigenvalue weighted by Crippen LogP contribution is 2.44. The van der Waals surface area contributed by atoms with Gasteiger partial charge >= 0.3 is 12.0 Å². The van der Waals surface area contributed by atoms with E-state index in [4.69, 9.17) is 21.1 Å². The van der Waals surface area contributed by atoms with Crippen LogP contribution in [0.5, 0.6) is 5.75 Å². The number of ether oxygens (including phenoxy) is 2. The van der Waals surface area contributed by atoms with E-state index >= 15 is 0 Å². The first-order valence-electron chi connectivity index (χ1n) is 8.81. The Bertz CT molecular complexity index is 846. The van der Waals surface area contributed by atoms with E-state index in [1.807, 2.05) is 18.2 Å². The highest BCUT2D eigenvalue weighted by Gasteiger charge is 2.43. The van der Waals surface area contributed by atoms with Gasteiger partial charge in [0.15, 0.2) is 0 Å². The summed E-state index contributed by atoms with van der Waals surface area (Å²) in [4.78, 5) is 27.1. The van der Waals surface area contributed by atoms with E-state index in [-0.39, 0.29) is 12.0 Å². The molecule has 2 aromatic carbocycles. The number of esters is 1. The van der Waals surface area contributed by atoms with Crippen LogP contribution in [0.1, 0.15) is 17.9 Å². The van der Waals surface area contributed by atoms with Gasteiger partial charge in [0, 0.05) is 22.0 Å². The van der Waals surface area contributed by atoms with Crippen molar-refractivity contribution >= 4 is 41.1 Å². The Morgan fingerprint density at radius 2 is 1.93 bits per heavy atom. The predicted molar refractivity (Wildman–Crippen MR) is 111 cm³/mol. The van der Waals surface area contributed by atoms with Crippen molar-refractivity contribution in [2.24, 2.45) is 0 Å². The number of nitrogens with zero attached hydrogens (tertiary/aromatic N) is 1. The molecule has 1 N–H and O–H groups in total. The fraction of sp³-hybridized carbons (Fsp3) is 0.300. The molecule has 1 aliphatic rings. The summed E-state index contributed by atoms with van der Waals surface area (Å²) >= 11 is 7.84. The maximum absolute atomic E-state index is 13.1. The summed E-state index contributed by atoms with van der Waals surface area (Å²) in [5, 5.41) is 3.01. The van der Waals surface area contributed by atoms with Crippen LogP contribution in [0.2, 0.25) is 5.02 Å². The fourth-order valence-corrected chi connectivity index (χ4v) is 4.71. The molecule has 0 aliphatic carbocycles. The van der Waals surface area contributed by atoms with Crippen LogP contribution in [-0.4, -0.2) is 42.4 Å². The molecule has 2 atom stereocenters. The monoisotopic (exact) mass is 420 g/mol. The highest BCUT2D eigenvalue weighted by molar-refractivity contribution is 7.99. The molecule has 148 valence electrons.